The molecule has 0 saturated carbocycles. The molecule has 0 bridgehead atoms. The highest BCUT2D eigenvalue weighted by Crippen LogP contribution is 2.27. The van der Waals surface area contributed by atoms with Crippen LogP contribution in [-0.4, -0.2) is 28.4 Å². The first-order chi connectivity index (χ1) is 7.96. The topological polar surface area (TPSA) is 60.2 Å². The molecule has 0 aromatic carbocycles. The minimum atomic E-state index is -0.260. The second kappa shape index (κ2) is 4.82. The number of anilines is 1. The highest BCUT2D eigenvalue weighted by atomic mass is 35.5. The third-order valence-electron chi connectivity index (χ3n) is 2.81. The third kappa shape index (κ3) is 3.33. The van der Waals surface area contributed by atoms with Gasteiger partial charge in [0.05, 0.1) is 5.60 Å². The van der Waals surface area contributed by atoms with Gasteiger partial charge in [0.25, 0.3) is 0 Å². The Balaban J connectivity index is 1.95. The van der Waals surface area contributed by atoms with Crippen molar-refractivity contribution in [1.82, 2.24) is 10.2 Å². The van der Waals surface area contributed by atoms with Crippen molar-refractivity contribution in [2.24, 2.45) is 0 Å². The van der Waals surface area contributed by atoms with E-state index in [-0.39, 0.29) is 11.0 Å². The lowest BCUT2D eigenvalue weighted by atomic mass is 9.94. The summed E-state index contributed by atoms with van der Waals surface area (Å²) in [6.45, 7) is 6.72. The van der Waals surface area contributed by atoms with Gasteiger partial charge in [-0.2, -0.15) is 0 Å². The van der Waals surface area contributed by atoms with Crippen molar-refractivity contribution >= 4 is 17.6 Å². The van der Waals surface area contributed by atoms with Gasteiger partial charge in [-0.15, -0.1) is 16.7 Å². The van der Waals surface area contributed by atoms with Crippen LogP contribution in [0, 0.1) is 0 Å². The van der Waals surface area contributed by atoms with E-state index in [1.54, 1.807) is 6.92 Å². The van der Waals surface area contributed by atoms with E-state index >= 15 is 0 Å². The Bertz CT molecular complexity index is 379. The van der Waals surface area contributed by atoms with E-state index in [0.29, 0.717) is 17.9 Å². The zero-order chi connectivity index (χ0) is 12.5. The van der Waals surface area contributed by atoms with Crippen molar-refractivity contribution in [2.45, 2.75) is 50.6 Å². The van der Waals surface area contributed by atoms with Gasteiger partial charge in [-0.3, -0.25) is 0 Å². The summed E-state index contributed by atoms with van der Waals surface area (Å²) in [5, 5.41) is 10.8. The number of hydrogen-bond acceptors (Lipinski definition) is 5. The van der Waals surface area contributed by atoms with Crippen LogP contribution < -0.4 is 5.32 Å². The minimum Gasteiger partial charge on any atom is -0.406 e. The molecular weight excluding hydrogens is 242 g/mol. The Hall–Kier alpha value is -0.810. The summed E-state index contributed by atoms with van der Waals surface area (Å²) in [5.41, 5.74) is -0.0987. The lowest BCUT2D eigenvalue weighted by Gasteiger charge is -2.35. The molecule has 1 aliphatic rings. The molecule has 1 N–H and O–H groups in total. The molecule has 1 aliphatic heterocycles. The lowest BCUT2D eigenvalue weighted by molar-refractivity contribution is -0.0555. The molecule has 2 heterocycles. The number of rotatable bonds is 3. The molecule has 1 saturated heterocycles. The number of nitrogens with one attached hydrogen (secondary N) is 1. The van der Waals surface area contributed by atoms with Crippen LogP contribution in [0.5, 0.6) is 0 Å². The van der Waals surface area contributed by atoms with Crippen molar-refractivity contribution < 1.29 is 9.15 Å². The van der Waals surface area contributed by atoms with Gasteiger partial charge in [0.1, 0.15) is 5.38 Å². The molecule has 0 radical (unpaired) electrons. The van der Waals surface area contributed by atoms with Gasteiger partial charge in [-0.05, 0) is 33.6 Å². The Kier molecular flexibility index (Phi) is 3.58. The Morgan fingerprint density at radius 2 is 2.24 bits per heavy atom. The van der Waals surface area contributed by atoms with E-state index in [4.69, 9.17) is 20.8 Å². The SMILES string of the molecule is CC(Cl)c1nnc(NC2CCOC(C)(C)C2)o1. The quantitative estimate of drug-likeness (QED) is 0.846. The Morgan fingerprint density at radius 3 is 2.82 bits per heavy atom. The standard InChI is InChI=1S/C11H18ClN3O2/c1-7(12)9-14-15-10(17-9)13-8-4-5-16-11(2,3)6-8/h7-8H,4-6H2,1-3H3,(H,13,15). The zero-order valence-electron chi connectivity index (χ0n) is 10.4. The average Bonchev–Trinajstić information content (AvgIpc) is 2.64. The number of hydrogen-bond donors (Lipinski definition) is 1. The first-order valence-electron chi connectivity index (χ1n) is 5.84. The van der Waals surface area contributed by atoms with Crippen LogP contribution in [0.1, 0.15) is 44.9 Å². The fraction of sp³-hybridized carbons (Fsp3) is 0.818. The van der Waals surface area contributed by atoms with Crippen LogP contribution in [0.4, 0.5) is 6.01 Å². The highest BCUT2D eigenvalue weighted by molar-refractivity contribution is 6.20. The van der Waals surface area contributed by atoms with Gasteiger partial charge >= 0.3 is 6.01 Å². The molecule has 5 nitrogen and oxygen atoms in total. The monoisotopic (exact) mass is 259 g/mol. The Morgan fingerprint density at radius 1 is 1.47 bits per heavy atom. The predicted molar refractivity (Wildman–Crippen MR) is 65.2 cm³/mol. The van der Waals surface area contributed by atoms with Crippen LogP contribution in [0.3, 0.4) is 0 Å². The van der Waals surface area contributed by atoms with Gasteiger partial charge < -0.3 is 14.5 Å². The summed E-state index contributed by atoms with van der Waals surface area (Å²) in [6.07, 6.45) is 1.86. The van der Waals surface area contributed by atoms with Gasteiger partial charge in [-0.25, -0.2) is 0 Å². The smallest absolute Gasteiger partial charge is 0.315 e. The minimum absolute atomic E-state index is 0.0987. The van der Waals surface area contributed by atoms with Crippen molar-refractivity contribution in [3.05, 3.63) is 5.89 Å². The maximum absolute atomic E-state index is 5.86. The van der Waals surface area contributed by atoms with Crippen LogP contribution in [-0.2, 0) is 4.74 Å². The first kappa shape index (κ1) is 12.6. The molecule has 0 aliphatic carbocycles. The van der Waals surface area contributed by atoms with E-state index in [1.807, 2.05) is 0 Å². The maximum Gasteiger partial charge on any atom is 0.315 e. The molecule has 1 fully saturated rings. The van der Waals surface area contributed by atoms with E-state index < -0.39 is 0 Å². The lowest BCUT2D eigenvalue weighted by Crippen LogP contribution is -2.40. The summed E-state index contributed by atoms with van der Waals surface area (Å²) in [4.78, 5) is 0. The van der Waals surface area contributed by atoms with Gasteiger partial charge in [0.2, 0.25) is 5.89 Å². The molecule has 1 aromatic rings. The van der Waals surface area contributed by atoms with Crippen LogP contribution in [0.25, 0.3) is 0 Å². The van der Waals surface area contributed by atoms with E-state index in [1.165, 1.54) is 0 Å². The molecule has 0 spiro atoms. The molecule has 0 amide bonds. The molecule has 6 heteroatoms. The summed E-state index contributed by atoms with van der Waals surface area (Å²) >= 11 is 5.86. The molecule has 96 valence electrons. The van der Waals surface area contributed by atoms with Crippen molar-refractivity contribution in [2.75, 3.05) is 11.9 Å². The number of nitrogens with zero attached hydrogens (tertiary/aromatic N) is 2. The van der Waals surface area contributed by atoms with Gasteiger partial charge in [0.15, 0.2) is 0 Å². The van der Waals surface area contributed by atoms with E-state index in [2.05, 4.69) is 29.4 Å². The van der Waals surface area contributed by atoms with Crippen molar-refractivity contribution in [3.8, 4) is 0 Å². The summed E-state index contributed by atoms with van der Waals surface area (Å²) in [6, 6.07) is 0.743. The third-order valence-corrected chi connectivity index (χ3v) is 2.99. The number of ether oxygens (including phenoxy) is 1. The van der Waals surface area contributed by atoms with Crippen molar-refractivity contribution in [3.63, 3.8) is 0 Å². The number of aromatic nitrogens is 2. The molecule has 1 aromatic heterocycles. The number of alkyl halides is 1. The second-order valence-corrected chi connectivity index (χ2v) is 5.66. The normalized spacial score (nSPS) is 25.5. The van der Waals surface area contributed by atoms with Crippen LogP contribution >= 0.6 is 11.6 Å². The van der Waals surface area contributed by atoms with Crippen molar-refractivity contribution in [1.29, 1.82) is 0 Å². The molecule has 2 rings (SSSR count). The van der Waals surface area contributed by atoms with E-state index in [0.717, 1.165) is 19.4 Å². The summed E-state index contributed by atoms with van der Waals surface area (Å²) in [5.74, 6) is 0.445. The Labute approximate surface area is 106 Å². The fourth-order valence-corrected chi connectivity index (χ4v) is 2.07. The second-order valence-electron chi connectivity index (χ2n) is 5.00. The van der Waals surface area contributed by atoms with Crippen LogP contribution in [0.15, 0.2) is 4.42 Å². The largest absolute Gasteiger partial charge is 0.406 e. The first-order valence-corrected chi connectivity index (χ1v) is 6.28. The van der Waals surface area contributed by atoms with E-state index in [9.17, 15) is 0 Å². The average molecular weight is 260 g/mol. The molecule has 2 atom stereocenters. The maximum atomic E-state index is 5.86. The highest BCUT2D eigenvalue weighted by Gasteiger charge is 2.29. The molecular formula is C11H18ClN3O2. The summed E-state index contributed by atoms with van der Waals surface area (Å²) < 4.78 is 11.1. The summed E-state index contributed by atoms with van der Waals surface area (Å²) in [7, 11) is 0. The molecule has 17 heavy (non-hydrogen) atoms. The fourth-order valence-electron chi connectivity index (χ4n) is 1.98. The number of halogens is 1. The van der Waals surface area contributed by atoms with Crippen LogP contribution in [0.2, 0.25) is 0 Å². The molecule has 2 unspecified atom stereocenters. The van der Waals surface area contributed by atoms with Gasteiger partial charge in [-0.1, -0.05) is 5.10 Å². The predicted octanol–water partition coefficient (Wildman–Crippen LogP) is 2.74. The van der Waals surface area contributed by atoms with Gasteiger partial charge in [0, 0.05) is 12.6 Å². The zero-order valence-corrected chi connectivity index (χ0v) is 11.1.